The number of fused-ring (bicyclic) bond motifs is 1. The smallest absolute Gasteiger partial charge is 0.197 e. The molecule has 4 nitrogen and oxygen atoms in total. The third-order valence-corrected chi connectivity index (χ3v) is 6.31. The second-order valence-electron chi connectivity index (χ2n) is 7.41. The second kappa shape index (κ2) is 10.4. The van der Waals surface area contributed by atoms with Crippen LogP contribution in [0.15, 0.2) is 46.9 Å². The lowest BCUT2D eigenvalue weighted by Gasteiger charge is -2.27. The number of rotatable bonds is 10. The molecular formula is C25H30INO3. The first kappa shape index (κ1) is 22.8. The normalized spacial score (nSPS) is 12.5. The molecule has 0 N–H and O–H groups in total. The number of carbonyl (C=O) groups is 1. The highest BCUT2D eigenvalue weighted by atomic mass is 127. The third kappa shape index (κ3) is 4.89. The first-order valence-corrected chi connectivity index (χ1v) is 11.8. The van der Waals surface area contributed by atoms with Gasteiger partial charge in [-0.25, -0.2) is 0 Å². The number of benzene rings is 2. The highest BCUT2D eigenvalue weighted by Gasteiger charge is 2.22. The predicted molar refractivity (Wildman–Crippen MR) is 130 cm³/mol. The molecule has 1 aromatic heterocycles. The second-order valence-corrected chi connectivity index (χ2v) is 8.57. The van der Waals surface area contributed by atoms with E-state index in [0.717, 1.165) is 58.4 Å². The van der Waals surface area contributed by atoms with E-state index in [4.69, 9.17) is 9.15 Å². The number of hydrogen-bond donors (Lipinski definition) is 0. The van der Waals surface area contributed by atoms with Crippen LogP contribution in [0.4, 0.5) is 0 Å². The minimum atomic E-state index is -0.0199. The Hall–Kier alpha value is -1.86. The summed E-state index contributed by atoms with van der Waals surface area (Å²) < 4.78 is 13.1. The van der Waals surface area contributed by atoms with Gasteiger partial charge in [0, 0.05) is 17.4 Å². The Labute approximate surface area is 192 Å². The van der Waals surface area contributed by atoms with Crippen LogP contribution in [0.2, 0.25) is 0 Å². The van der Waals surface area contributed by atoms with E-state index in [1.54, 1.807) is 0 Å². The third-order valence-electron chi connectivity index (χ3n) is 5.47. The highest BCUT2D eigenvalue weighted by molar-refractivity contribution is 14.1. The number of furan rings is 1. The Balaban J connectivity index is 1.91. The zero-order valence-corrected chi connectivity index (χ0v) is 20.4. The van der Waals surface area contributed by atoms with Crippen LogP contribution in [0.3, 0.4) is 0 Å². The molecule has 0 amide bonds. The van der Waals surface area contributed by atoms with Gasteiger partial charge in [-0.15, -0.1) is 0 Å². The zero-order valence-electron chi connectivity index (χ0n) is 18.2. The quantitative estimate of drug-likeness (QED) is 0.170. The number of halogens is 1. The molecule has 1 heterocycles. The van der Waals surface area contributed by atoms with Crippen LogP contribution in [0, 0.1) is 3.57 Å². The van der Waals surface area contributed by atoms with E-state index in [0.29, 0.717) is 11.1 Å². The van der Waals surface area contributed by atoms with Crippen molar-refractivity contribution in [3.8, 4) is 5.75 Å². The average molecular weight is 519 g/mol. The van der Waals surface area contributed by atoms with Crippen molar-refractivity contribution >= 4 is 39.3 Å². The van der Waals surface area contributed by atoms with Crippen molar-refractivity contribution in [3.05, 3.63) is 62.9 Å². The molecule has 1 unspecified atom stereocenters. The lowest BCUT2D eigenvalue weighted by atomic mass is 9.98. The average Bonchev–Trinajstić information content (AvgIpc) is 3.12. The van der Waals surface area contributed by atoms with Gasteiger partial charge < -0.3 is 9.15 Å². The molecule has 0 bridgehead atoms. The van der Waals surface area contributed by atoms with Gasteiger partial charge in [0.05, 0.1) is 9.13 Å². The minimum Gasteiger partial charge on any atom is -0.474 e. The standard InChI is InChI=1S/C25H30INO3/c1-5-8-12-23-24(19-11-9-10-13-21(19)30-23)25(28)18-14-15-22(20(26)16-18)29-17(4)27(6-2)7-3/h9-11,13-17H,5-8,12H2,1-4H3. The predicted octanol–water partition coefficient (Wildman–Crippen LogP) is 6.68. The van der Waals surface area contributed by atoms with Gasteiger partial charge in [0.1, 0.15) is 23.3 Å². The van der Waals surface area contributed by atoms with Crippen molar-refractivity contribution in [1.82, 2.24) is 4.90 Å². The summed E-state index contributed by atoms with van der Waals surface area (Å²) >= 11 is 2.25. The summed E-state index contributed by atoms with van der Waals surface area (Å²) in [7, 11) is 0. The topological polar surface area (TPSA) is 42.7 Å². The van der Waals surface area contributed by atoms with Gasteiger partial charge in [-0.2, -0.15) is 0 Å². The molecule has 0 radical (unpaired) electrons. The van der Waals surface area contributed by atoms with Crippen molar-refractivity contribution in [2.45, 2.75) is 53.2 Å². The molecular weight excluding hydrogens is 489 g/mol. The maximum Gasteiger partial charge on any atom is 0.197 e. The maximum atomic E-state index is 13.5. The van der Waals surface area contributed by atoms with Crippen LogP contribution in [-0.4, -0.2) is 30.0 Å². The van der Waals surface area contributed by atoms with Crippen LogP contribution >= 0.6 is 22.6 Å². The summed E-state index contributed by atoms with van der Waals surface area (Å²) in [6.07, 6.45) is 2.80. The fourth-order valence-electron chi connectivity index (χ4n) is 3.74. The number of unbranched alkanes of at least 4 members (excludes halogenated alkanes) is 1. The molecule has 30 heavy (non-hydrogen) atoms. The van der Waals surface area contributed by atoms with Crippen LogP contribution in [0.1, 0.15) is 62.2 Å². The number of para-hydroxylation sites is 1. The Morgan fingerprint density at radius 2 is 1.87 bits per heavy atom. The highest BCUT2D eigenvalue weighted by Crippen LogP contribution is 2.31. The molecule has 1 atom stereocenters. The van der Waals surface area contributed by atoms with E-state index in [-0.39, 0.29) is 12.0 Å². The van der Waals surface area contributed by atoms with Gasteiger partial charge in [0.2, 0.25) is 0 Å². The number of nitrogens with zero attached hydrogens (tertiary/aromatic N) is 1. The molecule has 160 valence electrons. The van der Waals surface area contributed by atoms with Gasteiger partial charge in [0.15, 0.2) is 5.78 Å². The summed E-state index contributed by atoms with van der Waals surface area (Å²) in [6.45, 7) is 10.3. The molecule has 3 aromatic rings. The van der Waals surface area contributed by atoms with Crippen LogP contribution in [0.25, 0.3) is 11.0 Å². The molecule has 3 rings (SSSR count). The Morgan fingerprint density at radius 1 is 1.13 bits per heavy atom. The minimum absolute atomic E-state index is 0.00677. The molecule has 0 fully saturated rings. The molecule has 0 aliphatic rings. The number of aryl methyl sites for hydroxylation is 1. The maximum absolute atomic E-state index is 13.5. The molecule has 0 spiro atoms. The molecule has 0 saturated carbocycles. The Bertz CT molecular complexity index is 1010. The van der Waals surface area contributed by atoms with Crippen molar-refractivity contribution in [2.24, 2.45) is 0 Å². The van der Waals surface area contributed by atoms with Gasteiger partial charge in [-0.1, -0.05) is 45.4 Å². The van der Waals surface area contributed by atoms with Crippen LogP contribution in [0.5, 0.6) is 5.75 Å². The first-order chi connectivity index (χ1) is 14.5. The van der Waals surface area contributed by atoms with E-state index in [1.807, 2.05) is 42.5 Å². The van der Waals surface area contributed by atoms with Gasteiger partial charge in [-0.05, 0) is 73.3 Å². The van der Waals surface area contributed by atoms with Gasteiger partial charge in [0.25, 0.3) is 0 Å². The molecule has 2 aromatic carbocycles. The van der Waals surface area contributed by atoms with Gasteiger partial charge >= 0.3 is 0 Å². The SMILES string of the molecule is CCCCc1oc2ccccc2c1C(=O)c1ccc(OC(C)N(CC)CC)c(I)c1. The molecule has 0 aliphatic heterocycles. The zero-order chi connectivity index (χ0) is 21.7. The summed E-state index contributed by atoms with van der Waals surface area (Å²) in [4.78, 5) is 15.7. The molecule has 0 saturated heterocycles. The van der Waals surface area contributed by atoms with Crippen molar-refractivity contribution in [2.75, 3.05) is 13.1 Å². The van der Waals surface area contributed by atoms with E-state index in [1.165, 1.54) is 0 Å². The van der Waals surface area contributed by atoms with E-state index in [9.17, 15) is 4.79 Å². The fourth-order valence-corrected chi connectivity index (χ4v) is 4.38. The van der Waals surface area contributed by atoms with Crippen molar-refractivity contribution < 1.29 is 13.9 Å². The van der Waals surface area contributed by atoms with E-state index < -0.39 is 0 Å². The Morgan fingerprint density at radius 3 is 2.53 bits per heavy atom. The largest absolute Gasteiger partial charge is 0.474 e. The summed E-state index contributed by atoms with van der Waals surface area (Å²) in [5.74, 6) is 1.59. The van der Waals surface area contributed by atoms with Crippen molar-refractivity contribution in [3.63, 3.8) is 0 Å². The lowest BCUT2D eigenvalue weighted by Crippen LogP contribution is -2.37. The lowest BCUT2D eigenvalue weighted by molar-refractivity contribution is 0.0473. The Kier molecular flexibility index (Phi) is 7.94. The first-order valence-electron chi connectivity index (χ1n) is 10.7. The number of carbonyl (C=O) groups excluding carboxylic acids is 1. The van der Waals surface area contributed by atoms with E-state index >= 15 is 0 Å². The summed E-state index contributed by atoms with van der Waals surface area (Å²) in [5, 5.41) is 0.888. The fraction of sp³-hybridized carbons (Fsp3) is 0.400. The van der Waals surface area contributed by atoms with E-state index in [2.05, 4.69) is 55.2 Å². The number of ether oxygens (including phenoxy) is 1. The number of ketones is 1. The monoisotopic (exact) mass is 519 g/mol. The van der Waals surface area contributed by atoms with Crippen LogP contribution in [-0.2, 0) is 6.42 Å². The van der Waals surface area contributed by atoms with Crippen LogP contribution < -0.4 is 4.74 Å². The van der Waals surface area contributed by atoms with Crippen molar-refractivity contribution in [1.29, 1.82) is 0 Å². The summed E-state index contributed by atoms with van der Waals surface area (Å²) in [6, 6.07) is 13.5. The summed E-state index contributed by atoms with van der Waals surface area (Å²) in [5.41, 5.74) is 2.13. The molecule has 5 heteroatoms. The molecule has 0 aliphatic carbocycles. The number of hydrogen-bond acceptors (Lipinski definition) is 4. The van der Waals surface area contributed by atoms with Gasteiger partial charge in [-0.3, -0.25) is 9.69 Å².